The van der Waals surface area contributed by atoms with E-state index in [1.165, 1.54) is 48.8 Å². The summed E-state index contributed by atoms with van der Waals surface area (Å²) >= 11 is 0. The summed E-state index contributed by atoms with van der Waals surface area (Å²) in [5, 5.41) is 13.2. The molecule has 2 amide bonds. The Hall–Kier alpha value is -2.60. The van der Waals surface area contributed by atoms with E-state index in [0.717, 1.165) is 45.2 Å². The summed E-state index contributed by atoms with van der Waals surface area (Å²) in [5.41, 5.74) is 4.70. The van der Waals surface area contributed by atoms with Crippen LogP contribution in [0.5, 0.6) is 0 Å². The third kappa shape index (κ3) is 5.62. The quantitative estimate of drug-likeness (QED) is 0.270. The summed E-state index contributed by atoms with van der Waals surface area (Å²) in [6, 6.07) is 7.67. The van der Waals surface area contributed by atoms with Gasteiger partial charge in [0.25, 0.3) is 0 Å². The Balaban J connectivity index is 1.29. The number of carbonyl (C=O) groups excluding carboxylic acids is 1. The summed E-state index contributed by atoms with van der Waals surface area (Å²) in [4.78, 5) is 29.5. The Bertz CT molecular complexity index is 1500. The molecule has 2 N–H and O–H groups in total. The maximum absolute atomic E-state index is 13.8. The summed E-state index contributed by atoms with van der Waals surface area (Å²) in [6.07, 6.45) is 14.0. The fourth-order valence-corrected chi connectivity index (χ4v) is 13.3. The molecule has 0 aliphatic heterocycles. The smallest absolute Gasteiger partial charge is 0.335 e. The first kappa shape index (κ1) is 36.2. The van der Waals surface area contributed by atoms with Gasteiger partial charge in [-0.2, -0.15) is 0 Å². The van der Waals surface area contributed by atoms with Gasteiger partial charge in [0.05, 0.1) is 5.56 Å². The van der Waals surface area contributed by atoms with Crippen LogP contribution in [-0.4, -0.2) is 66.7 Å². The second-order valence-corrected chi connectivity index (χ2v) is 18.8. The second kappa shape index (κ2) is 12.6. The van der Waals surface area contributed by atoms with Crippen molar-refractivity contribution in [2.45, 2.75) is 111 Å². The van der Waals surface area contributed by atoms with Crippen molar-refractivity contribution >= 4 is 17.6 Å². The Morgan fingerprint density at radius 2 is 1.57 bits per heavy atom. The lowest BCUT2D eigenvalue weighted by atomic mass is 9.33. The number of hydrogen-bond acceptors (Lipinski definition) is 3. The van der Waals surface area contributed by atoms with Gasteiger partial charge < -0.3 is 20.2 Å². The van der Waals surface area contributed by atoms with E-state index >= 15 is 0 Å². The number of carbonyl (C=O) groups is 2. The third-order valence-corrected chi connectivity index (χ3v) is 15.9. The van der Waals surface area contributed by atoms with Crippen LogP contribution in [0.25, 0.3) is 5.57 Å². The lowest BCUT2D eigenvalue weighted by Gasteiger charge is -2.72. The van der Waals surface area contributed by atoms with Crippen LogP contribution < -0.4 is 5.32 Å². The topological polar surface area (TPSA) is 72.9 Å². The van der Waals surface area contributed by atoms with Gasteiger partial charge in [0.2, 0.25) is 0 Å². The van der Waals surface area contributed by atoms with Gasteiger partial charge in [-0.25, -0.2) is 9.59 Å². The van der Waals surface area contributed by atoms with Crippen molar-refractivity contribution in [3.8, 4) is 0 Å². The SMILES string of the molecule is C=C(C)[C@@H]1CC[C@]2(NC(=O)N(C)CCCN(C)C)CC[C@]3(C)[C@H](CC[C@@H]4[C@@]5(C)CC=C(c6ccc(C(=O)O)cc6)C(C)(C)[C@@H]5CC[C@]43C)[C@@H]12. The number of benzene rings is 1. The van der Waals surface area contributed by atoms with E-state index in [1.807, 2.05) is 24.1 Å². The molecule has 9 atom stereocenters. The van der Waals surface area contributed by atoms with Crippen molar-refractivity contribution in [1.29, 1.82) is 0 Å². The van der Waals surface area contributed by atoms with Gasteiger partial charge in [0.1, 0.15) is 0 Å². The zero-order chi connectivity index (χ0) is 35.7. The van der Waals surface area contributed by atoms with Crippen LogP contribution in [0.15, 0.2) is 42.5 Å². The van der Waals surface area contributed by atoms with Crippen LogP contribution >= 0.6 is 0 Å². The molecule has 0 bridgehead atoms. The van der Waals surface area contributed by atoms with Crippen LogP contribution in [0.4, 0.5) is 4.79 Å². The summed E-state index contributed by atoms with van der Waals surface area (Å²) in [6.45, 7) is 21.4. The number of aromatic carboxylic acids is 1. The van der Waals surface area contributed by atoms with Gasteiger partial charge in [-0.05, 0) is 166 Å². The van der Waals surface area contributed by atoms with Crippen LogP contribution in [0, 0.1) is 51.2 Å². The monoisotopic (exact) mass is 672 g/mol. The number of hydrogen-bond donors (Lipinski definition) is 2. The zero-order valence-electron chi connectivity index (χ0n) is 32.1. The van der Waals surface area contributed by atoms with Crippen molar-refractivity contribution in [1.82, 2.24) is 15.1 Å². The molecule has 4 fully saturated rings. The van der Waals surface area contributed by atoms with Crippen LogP contribution in [-0.2, 0) is 0 Å². The molecule has 0 unspecified atom stereocenters. The molecule has 5 aliphatic rings. The molecule has 270 valence electrons. The predicted molar refractivity (Wildman–Crippen MR) is 200 cm³/mol. The van der Waals surface area contributed by atoms with E-state index in [0.29, 0.717) is 35.2 Å². The van der Waals surface area contributed by atoms with E-state index in [-0.39, 0.29) is 33.2 Å². The van der Waals surface area contributed by atoms with Gasteiger partial charge in [0, 0.05) is 19.1 Å². The van der Waals surface area contributed by atoms with Crippen LogP contribution in [0.3, 0.4) is 0 Å². The molecule has 49 heavy (non-hydrogen) atoms. The summed E-state index contributed by atoms with van der Waals surface area (Å²) in [7, 11) is 6.15. The number of amides is 2. The number of rotatable bonds is 8. The first-order valence-electron chi connectivity index (χ1n) is 19.3. The average molecular weight is 672 g/mol. The van der Waals surface area contributed by atoms with Gasteiger partial charge in [-0.1, -0.05) is 65.0 Å². The zero-order valence-corrected chi connectivity index (χ0v) is 32.1. The minimum absolute atomic E-state index is 0.00209. The van der Waals surface area contributed by atoms with Crippen molar-refractivity contribution in [3.63, 3.8) is 0 Å². The molecule has 6 nitrogen and oxygen atoms in total. The second-order valence-electron chi connectivity index (χ2n) is 18.8. The first-order chi connectivity index (χ1) is 22.9. The number of nitrogens with one attached hydrogen (secondary N) is 1. The Labute approximate surface area is 297 Å². The number of urea groups is 1. The molecule has 4 saturated carbocycles. The molecule has 6 heteroatoms. The van der Waals surface area contributed by atoms with Gasteiger partial charge in [0.15, 0.2) is 0 Å². The van der Waals surface area contributed by atoms with Crippen LogP contribution in [0.1, 0.15) is 122 Å². The predicted octanol–water partition coefficient (Wildman–Crippen LogP) is 9.38. The van der Waals surface area contributed by atoms with E-state index in [4.69, 9.17) is 0 Å². The van der Waals surface area contributed by atoms with E-state index < -0.39 is 5.97 Å². The number of carboxylic acids is 1. The molecule has 1 aromatic rings. The fourth-order valence-electron chi connectivity index (χ4n) is 13.3. The highest BCUT2D eigenvalue weighted by Crippen LogP contribution is 2.76. The summed E-state index contributed by atoms with van der Waals surface area (Å²) in [5.74, 6) is 1.81. The first-order valence-corrected chi connectivity index (χ1v) is 19.3. The Kier molecular flexibility index (Phi) is 9.28. The lowest BCUT2D eigenvalue weighted by Crippen LogP contribution is -2.68. The Morgan fingerprint density at radius 3 is 2.20 bits per heavy atom. The highest BCUT2D eigenvalue weighted by atomic mass is 16.4. The third-order valence-electron chi connectivity index (χ3n) is 15.9. The molecule has 5 aliphatic carbocycles. The maximum atomic E-state index is 13.8. The summed E-state index contributed by atoms with van der Waals surface area (Å²) < 4.78 is 0. The molecule has 0 radical (unpaired) electrons. The van der Waals surface area contributed by atoms with Crippen molar-refractivity contribution in [2.24, 2.45) is 51.2 Å². The molecular weight excluding hydrogens is 606 g/mol. The molecule has 0 saturated heterocycles. The van der Waals surface area contributed by atoms with E-state index in [1.54, 1.807) is 12.1 Å². The van der Waals surface area contributed by atoms with Gasteiger partial charge in [-0.15, -0.1) is 0 Å². The van der Waals surface area contributed by atoms with Crippen molar-refractivity contribution in [2.75, 3.05) is 34.2 Å². The molecule has 0 heterocycles. The Morgan fingerprint density at radius 1 is 0.878 bits per heavy atom. The minimum Gasteiger partial charge on any atom is -0.478 e. The highest BCUT2D eigenvalue weighted by Gasteiger charge is 2.70. The average Bonchev–Trinajstić information content (AvgIpc) is 3.40. The maximum Gasteiger partial charge on any atom is 0.335 e. The molecular formula is C43H65N3O3. The number of carboxylic acid groups (broad SMARTS) is 1. The highest BCUT2D eigenvalue weighted by molar-refractivity contribution is 5.88. The molecule has 0 aromatic heterocycles. The molecule has 6 rings (SSSR count). The van der Waals surface area contributed by atoms with E-state index in [9.17, 15) is 14.7 Å². The molecule has 0 spiro atoms. The van der Waals surface area contributed by atoms with Crippen molar-refractivity contribution in [3.05, 3.63) is 53.6 Å². The van der Waals surface area contributed by atoms with Crippen LogP contribution in [0.2, 0.25) is 0 Å². The van der Waals surface area contributed by atoms with E-state index in [2.05, 4.69) is 78.5 Å². The fraction of sp³-hybridized carbons (Fsp3) is 0.721. The van der Waals surface area contributed by atoms with Gasteiger partial charge in [-0.3, -0.25) is 0 Å². The number of fused-ring (bicyclic) bond motifs is 7. The van der Waals surface area contributed by atoms with Gasteiger partial charge >= 0.3 is 12.0 Å². The standard InChI is InChI=1S/C43H65N3O3/c1-28(2)31-18-23-43(44-38(49)46(10)27-11-26-45(8)9)25-24-41(6)33(36(31)43)16-17-35-40(5)21-19-32(29-12-14-30(15-13-29)37(47)48)39(3,4)34(40)20-22-42(35,41)7/h12-15,19,31,33-36H,1,11,16-18,20-27H2,2-10H3,(H,44,49)(H,47,48)/t31-,33+,34-,35+,36+,40-,41+,42+,43-/m0/s1. The lowest BCUT2D eigenvalue weighted by molar-refractivity contribution is -0.218. The number of nitrogens with zero attached hydrogens (tertiary/aromatic N) is 2. The normalized spacial score (nSPS) is 39.1. The van der Waals surface area contributed by atoms with Crippen molar-refractivity contribution < 1.29 is 14.7 Å². The molecule has 1 aromatic carbocycles. The largest absolute Gasteiger partial charge is 0.478 e. The number of allylic oxidation sites excluding steroid dienone is 3. The minimum atomic E-state index is -0.871.